The van der Waals surface area contributed by atoms with Gasteiger partial charge in [-0.3, -0.25) is 14.5 Å². The number of amides is 1. The predicted octanol–water partition coefficient (Wildman–Crippen LogP) is 4.60. The number of aryl methyl sites for hydroxylation is 3. The molecule has 1 atom stereocenters. The Kier molecular flexibility index (Phi) is 5.29. The van der Waals surface area contributed by atoms with Crippen molar-refractivity contribution >= 4 is 23.2 Å². The summed E-state index contributed by atoms with van der Waals surface area (Å²) >= 11 is 6.17. The number of fused-ring (bicyclic) bond motifs is 1. The molecule has 7 nitrogen and oxygen atoms in total. The average molecular weight is 475 g/mol. The average Bonchev–Trinajstić information content (AvgIpc) is 3.33. The number of carbonyl (C=O) groups is 1. The van der Waals surface area contributed by atoms with Crippen molar-refractivity contribution in [2.75, 3.05) is 12.0 Å². The van der Waals surface area contributed by atoms with Gasteiger partial charge in [-0.05, 0) is 61.9 Å². The van der Waals surface area contributed by atoms with Crippen molar-refractivity contribution in [3.05, 3.63) is 104 Å². The van der Waals surface area contributed by atoms with Crippen LogP contribution >= 0.6 is 11.6 Å². The third-order valence-corrected chi connectivity index (χ3v) is 6.43. The summed E-state index contributed by atoms with van der Waals surface area (Å²) in [6.45, 7) is 3.59. The van der Waals surface area contributed by atoms with Gasteiger partial charge >= 0.3 is 0 Å². The Morgan fingerprint density at radius 2 is 1.65 bits per heavy atom. The lowest BCUT2D eigenvalue weighted by atomic mass is 10.0. The van der Waals surface area contributed by atoms with E-state index in [4.69, 9.17) is 21.4 Å². The molecule has 0 saturated carbocycles. The van der Waals surface area contributed by atoms with Crippen molar-refractivity contribution in [2.45, 2.75) is 19.9 Å². The number of anilines is 1. The number of hydrogen-bond donors (Lipinski definition) is 0. The largest absolute Gasteiger partial charge is 0.497 e. The highest BCUT2D eigenvalue weighted by Crippen LogP contribution is 2.43. The Morgan fingerprint density at radius 1 is 0.971 bits per heavy atom. The fraction of sp³-hybridized carbons (Fsp3) is 0.192. The summed E-state index contributed by atoms with van der Waals surface area (Å²) in [7, 11) is 3.31. The van der Waals surface area contributed by atoms with E-state index in [0.717, 1.165) is 22.7 Å². The first-order valence-corrected chi connectivity index (χ1v) is 11.2. The number of benzene rings is 2. The first kappa shape index (κ1) is 22.0. The van der Waals surface area contributed by atoms with Crippen LogP contribution in [0.1, 0.15) is 38.9 Å². The molecule has 1 aliphatic rings. The maximum atomic E-state index is 13.9. The molecule has 0 saturated heterocycles. The van der Waals surface area contributed by atoms with Crippen LogP contribution in [0, 0.1) is 13.8 Å². The number of halogens is 1. The molecule has 2 aromatic heterocycles. The van der Waals surface area contributed by atoms with E-state index in [2.05, 4.69) is 0 Å². The van der Waals surface area contributed by atoms with Gasteiger partial charge in [-0.2, -0.15) is 5.10 Å². The highest BCUT2D eigenvalue weighted by molar-refractivity contribution is 6.30. The van der Waals surface area contributed by atoms with E-state index in [-0.39, 0.29) is 11.5 Å². The van der Waals surface area contributed by atoms with E-state index in [1.54, 1.807) is 38.2 Å². The van der Waals surface area contributed by atoms with Crippen LogP contribution in [-0.4, -0.2) is 27.4 Å². The summed E-state index contributed by atoms with van der Waals surface area (Å²) in [4.78, 5) is 27.9. The molecule has 0 radical (unpaired) electrons. The number of nitrogens with zero attached hydrogens (tertiary/aromatic N) is 4. The maximum absolute atomic E-state index is 13.9. The Balaban J connectivity index is 1.76. The molecule has 1 unspecified atom stereocenters. The molecule has 2 aromatic carbocycles. The first-order chi connectivity index (χ1) is 16.3. The molecule has 34 heavy (non-hydrogen) atoms. The normalized spacial score (nSPS) is 15.0. The minimum atomic E-state index is -0.458. The summed E-state index contributed by atoms with van der Waals surface area (Å²) in [5.41, 5.74) is 4.76. The van der Waals surface area contributed by atoms with E-state index < -0.39 is 6.04 Å². The van der Waals surface area contributed by atoms with Gasteiger partial charge in [-0.25, -0.2) is 4.68 Å². The SMILES string of the molecule is COc1ccc(-n2nc(C)c3c2C(c2ccc(Cl)cc2)N(c2cc(C)c(=O)n(C)c2)C3=O)cc1. The number of pyridine rings is 1. The van der Waals surface area contributed by atoms with Crippen molar-refractivity contribution in [1.29, 1.82) is 0 Å². The second kappa shape index (κ2) is 8.18. The van der Waals surface area contributed by atoms with E-state index in [0.29, 0.717) is 27.5 Å². The molecule has 0 N–H and O–H groups in total. The zero-order valence-electron chi connectivity index (χ0n) is 19.2. The number of methoxy groups -OCH3 is 1. The molecule has 0 spiro atoms. The molecule has 5 rings (SSSR count). The van der Waals surface area contributed by atoms with Crippen molar-refractivity contribution in [1.82, 2.24) is 14.3 Å². The molecular weight excluding hydrogens is 452 g/mol. The highest BCUT2D eigenvalue weighted by Gasteiger charge is 2.44. The molecule has 1 amide bonds. The minimum Gasteiger partial charge on any atom is -0.497 e. The van der Waals surface area contributed by atoms with Gasteiger partial charge in [0, 0.05) is 23.8 Å². The van der Waals surface area contributed by atoms with Gasteiger partial charge in [-0.15, -0.1) is 0 Å². The van der Waals surface area contributed by atoms with Crippen molar-refractivity contribution in [3.63, 3.8) is 0 Å². The molecule has 8 heteroatoms. The van der Waals surface area contributed by atoms with Gasteiger partial charge in [0.1, 0.15) is 11.8 Å². The molecule has 1 aliphatic heterocycles. The van der Waals surface area contributed by atoms with Crippen molar-refractivity contribution in [3.8, 4) is 11.4 Å². The van der Waals surface area contributed by atoms with Crippen LogP contribution in [0.2, 0.25) is 5.02 Å². The zero-order chi connectivity index (χ0) is 24.1. The second-order valence-corrected chi connectivity index (χ2v) is 8.82. The van der Waals surface area contributed by atoms with Crippen LogP contribution in [-0.2, 0) is 7.05 Å². The third kappa shape index (κ3) is 3.40. The van der Waals surface area contributed by atoms with Crippen LogP contribution in [0.25, 0.3) is 5.69 Å². The summed E-state index contributed by atoms with van der Waals surface area (Å²) in [6, 6.07) is 16.3. The molecule has 0 fully saturated rings. The summed E-state index contributed by atoms with van der Waals surface area (Å²) in [5.74, 6) is 0.571. The summed E-state index contributed by atoms with van der Waals surface area (Å²) in [5, 5.41) is 5.34. The first-order valence-electron chi connectivity index (χ1n) is 10.8. The van der Waals surface area contributed by atoms with E-state index in [1.807, 2.05) is 60.1 Å². The monoisotopic (exact) mass is 474 g/mol. The fourth-order valence-electron chi connectivity index (χ4n) is 4.55. The van der Waals surface area contributed by atoms with E-state index in [1.165, 1.54) is 4.57 Å². The van der Waals surface area contributed by atoms with Gasteiger partial charge in [0.2, 0.25) is 0 Å². The van der Waals surface area contributed by atoms with Gasteiger partial charge in [0.05, 0.1) is 35.4 Å². The minimum absolute atomic E-state index is 0.100. The number of hydrogen-bond acceptors (Lipinski definition) is 4. The van der Waals surface area contributed by atoms with Gasteiger partial charge in [-0.1, -0.05) is 23.7 Å². The van der Waals surface area contributed by atoms with Crippen LogP contribution in [0.4, 0.5) is 5.69 Å². The quantitative estimate of drug-likeness (QED) is 0.433. The van der Waals surface area contributed by atoms with Gasteiger partial charge in [0.15, 0.2) is 0 Å². The molecule has 0 aliphatic carbocycles. The van der Waals surface area contributed by atoms with Crippen LogP contribution in [0.15, 0.2) is 65.6 Å². The Labute approximate surface area is 201 Å². The van der Waals surface area contributed by atoms with Crippen LogP contribution in [0.5, 0.6) is 5.75 Å². The highest BCUT2D eigenvalue weighted by atomic mass is 35.5. The number of carbonyl (C=O) groups excluding carboxylic acids is 1. The smallest absolute Gasteiger partial charge is 0.263 e. The number of aromatic nitrogens is 3. The summed E-state index contributed by atoms with van der Waals surface area (Å²) in [6.07, 6.45) is 1.70. The Bertz CT molecular complexity index is 1440. The van der Waals surface area contributed by atoms with Crippen LogP contribution < -0.4 is 15.2 Å². The molecule has 0 bridgehead atoms. The molecule has 172 valence electrons. The van der Waals surface area contributed by atoms with E-state index in [9.17, 15) is 9.59 Å². The van der Waals surface area contributed by atoms with Crippen LogP contribution in [0.3, 0.4) is 0 Å². The maximum Gasteiger partial charge on any atom is 0.263 e. The fourth-order valence-corrected chi connectivity index (χ4v) is 4.67. The van der Waals surface area contributed by atoms with E-state index >= 15 is 0 Å². The lowest BCUT2D eigenvalue weighted by Crippen LogP contribution is -2.32. The summed E-state index contributed by atoms with van der Waals surface area (Å²) < 4.78 is 8.61. The zero-order valence-corrected chi connectivity index (χ0v) is 20.0. The molecule has 4 aromatic rings. The lowest BCUT2D eigenvalue weighted by Gasteiger charge is -2.27. The lowest BCUT2D eigenvalue weighted by molar-refractivity contribution is 0.0992. The standard InChI is InChI=1S/C26H23ClN4O3/c1-15-13-20(14-29(3)25(15)32)30-23(17-5-7-18(27)8-6-17)24-22(26(30)33)16(2)28-31(24)19-9-11-21(34-4)12-10-19/h5-14,23H,1-4H3. The van der Waals surface area contributed by atoms with Gasteiger partial charge in [0.25, 0.3) is 11.5 Å². The Morgan fingerprint density at radius 3 is 2.26 bits per heavy atom. The van der Waals surface area contributed by atoms with Crippen molar-refractivity contribution in [2.24, 2.45) is 7.05 Å². The number of rotatable bonds is 4. The second-order valence-electron chi connectivity index (χ2n) is 8.38. The topological polar surface area (TPSA) is 69.4 Å². The molecular formula is C26H23ClN4O3. The predicted molar refractivity (Wildman–Crippen MR) is 131 cm³/mol. The molecule has 3 heterocycles. The number of ether oxygens (including phenoxy) is 1. The van der Waals surface area contributed by atoms with Gasteiger partial charge < -0.3 is 9.30 Å². The Hall–Kier alpha value is -3.84. The van der Waals surface area contributed by atoms with Crippen molar-refractivity contribution < 1.29 is 9.53 Å². The third-order valence-electron chi connectivity index (χ3n) is 6.17.